The molecule has 0 aliphatic heterocycles. The molecule has 0 unspecified atom stereocenters. The molecule has 5 nitrogen and oxygen atoms in total. The lowest BCUT2D eigenvalue weighted by atomic mass is 10.1. The van der Waals surface area contributed by atoms with Gasteiger partial charge in [-0.3, -0.25) is 10.1 Å². The fourth-order valence-electron chi connectivity index (χ4n) is 1.26. The Balaban J connectivity index is 2.18. The van der Waals surface area contributed by atoms with Crippen molar-refractivity contribution in [3.63, 3.8) is 0 Å². The number of anilines is 1. The van der Waals surface area contributed by atoms with Crippen molar-refractivity contribution in [2.75, 3.05) is 5.32 Å². The number of benzene rings is 1. The summed E-state index contributed by atoms with van der Waals surface area (Å²) in [6.45, 7) is 1.59. The number of aromatic nitrogens is 3. The topological polar surface area (TPSA) is 67.8 Å². The number of carbonyl (C=O) groups excluding carboxylic acids is 1. The van der Waals surface area contributed by atoms with Gasteiger partial charge in [-0.25, -0.2) is 9.37 Å². The molecule has 0 saturated heterocycles. The number of halogens is 1. The summed E-state index contributed by atoms with van der Waals surface area (Å²) in [5, 5.41) is 9.65. The van der Waals surface area contributed by atoms with Crippen LogP contribution in [0.2, 0.25) is 0 Å². The van der Waals surface area contributed by atoms with E-state index in [1.165, 1.54) is 30.6 Å². The van der Waals surface area contributed by atoms with E-state index in [9.17, 15) is 9.18 Å². The van der Waals surface area contributed by atoms with E-state index < -0.39 is 5.91 Å². The van der Waals surface area contributed by atoms with Gasteiger partial charge in [-0.1, -0.05) is 0 Å². The van der Waals surface area contributed by atoms with Crippen molar-refractivity contribution in [3.8, 4) is 0 Å². The molecule has 0 bridgehead atoms. The number of amides is 1. The maximum Gasteiger partial charge on any atom is 0.258 e. The van der Waals surface area contributed by atoms with Crippen LogP contribution in [-0.2, 0) is 0 Å². The number of hydrogen-bond acceptors (Lipinski definition) is 4. The van der Waals surface area contributed by atoms with Crippen molar-refractivity contribution >= 4 is 11.9 Å². The third kappa shape index (κ3) is 2.60. The molecule has 0 saturated carbocycles. The van der Waals surface area contributed by atoms with E-state index >= 15 is 0 Å². The molecule has 0 fully saturated rings. The molecular weight excluding hydrogens is 223 g/mol. The fourth-order valence-corrected chi connectivity index (χ4v) is 1.26. The second kappa shape index (κ2) is 4.65. The van der Waals surface area contributed by atoms with E-state index in [1.54, 1.807) is 6.92 Å². The minimum atomic E-state index is -0.402. The van der Waals surface area contributed by atoms with Gasteiger partial charge in [0.15, 0.2) is 0 Å². The van der Waals surface area contributed by atoms with Crippen LogP contribution in [0.4, 0.5) is 10.3 Å². The Bertz CT molecular complexity index is 544. The number of aryl methyl sites for hydroxylation is 1. The molecule has 0 aliphatic carbocycles. The summed E-state index contributed by atoms with van der Waals surface area (Å²) in [4.78, 5) is 15.5. The molecule has 1 aromatic carbocycles. The van der Waals surface area contributed by atoms with E-state index in [-0.39, 0.29) is 11.8 Å². The van der Waals surface area contributed by atoms with E-state index in [4.69, 9.17) is 0 Å². The third-order valence-corrected chi connectivity index (χ3v) is 2.13. The van der Waals surface area contributed by atoms with Crippen molar-refractivity contribution in [1.29, 1.82) is 0 Å². The summed E-state index contributed by atoms with van der Waals surface area (Å²) in [5.74, 6) is -0.639. The molecule has 1 amide bonds. The predicted molar refractivity (Wildman–Crippen MR) is 58.9 cm³/mol. The first-order valence-corrected chi connectivity index (χ1v) is 4.88. The summed E-state index contributed by atoms with van der Waals surface area (Å²) in [5.41, 5.74) is 0.751. The number of nitrogens with one attached hydrogen (secondary N) is 1. The number of rotatable bonds is 2. The highest BCUT2D eigenvalue weighted by molar-refractivity contribution is 6.03. The number of carbonyl (C=O) groups is 1. The Morgan fingerprint density at radius 3 is 2.82 bits per heavy atom. The van der Waals surface area contributed by atoms with Gasteiger partial charge in [0.25, 0.3) is 5.91 Å². The molecule has 0 spiro atoms. The highest BCUT2D eigenvalue weighted by Crippen LogP contribution is 2.10. The van der Waals surface area contributed by atoms with Gasteiger partial charge < -0.3 is 0 Å². The lowest BCUT2D eigenvalue weighted by Gasteiger charge is -2.03. The Morgan fingerprint density at radius 2 is 2.18 bits per heavy atom. The second-order valence-electron chi connectivity index (χ2n) is 3.38. The first-order chi connectivity index (χ1) is 8.16. The quantitative estimate of drug-likeness (QED) is 0.853. The Morgan fingerprint density at radius 1 is 1.35 bits per heavy atom. The molecule has 1 N–H and O–H groups in total. The summed E-state index contributed by atoms with van der Waals surface area (Å²) in [6.07, 6.45) is 2.82. The fraction of sp³-hybridized carbons (Fsp3) is 0.0909. The van der Waals surface area contributed by atoms with Gasteiger partial charge in [0.2, 0.25) is 5.95 Å². The molecule has 0 aliphatic rings. The highest BCUT2D eigenvalue weighted by Gasteiger charge is 2.09. The standard InChI is InChI=1S/C11H9FN4O/c1-7-6-8(2-3-9(7)12)10(17)15-11-13-4-5-14-16-11/h2-6H,1H3,(H,13,15,16,17). The largest absolute Gasteiger partial charge is 0.289 e. The molecule has 2 aromatic rings. The maximum atomic E-state index is 13.0. The monoisotopic (exact) mass is 232 g/mol. The zero-order chi connectivity index (χ0) is 12.3. The molecule has 6 heteroatoms. The Kier molecular flexibility index (Phi) is 3.04. The van der Waals surface area contributed by atoms with Crippen LogP contribution in [0.1, 0.15) is 15.9 Å². The van der Waals surface area contributed by atoms with Crippen molar-refractivity contribution in [2.24, 2.45) is 0 Å². The molecule has 0 atom stereocenters. The van der Waals surface area contributed by atoms with Crippen LogP contribution in [0.3, 0.4) is 0 Å². The zero-order valence-corrected chi connectivity index (χ0v) is 9.01. The molecule has 17 heavy (non-hydrogen) atoms. The average Bonchev–Trinajstić information content (AvgIpc) is 2.34. The second-order valence-corrected chi connectivity index (χ2v) is 3.38. The van der Waals surface area contributed by atoms with E-state index in [1.807, 2.05) is 0 Å². The SMILES string of the molecule is Cc1cc(C(=O)Nc2nccnn2)ccc1F. The third-order valence-electron chi connectivity index (χ3n) is 2.13. The first-order valence-electron chi connectivity index (χ1n) is 4.88. The molecule has 0 radical (unpaired) electrons. The predicted octanol–water partition coefficient (Wildman–Crippen LogP) is 1.57. The molecule has 2 rings (SSSR count). The zero-order valence-electron chi connectivity index (χ0n) is 9.01. The normalized spacial score (nSPS) is 10.0. The molecule has 86 valence electrons. The van der Waals surface area contributed by atoms with Gasteiger partial charge in [-0.05, 0) is 30.7 Å². The van der Waals surface area contributed by atoms with Crippen LogP contribution in [-0.4, -0.2) is 21.1 Å². The summed E-state index contributed by atoms with van der Waals surface area (Å²) >= 11 is 0. The molecule has 1 heterocycles. The molecule has 1 aromatic heterocycles. The van der Waals surface area contributed by atoms with Gasteiger partial charge in [0, 0.05) is 5.56 Å². The average molecular weight is 232 g/mol. The maximum absolute atomic E-state index is 13.0. The van der Waals surface area contributed by atoms with Crippen molar-refractivity contribution in [2.45, 2.75) is 6.92 Å². The molecular formula is C11H9FN4O. The van der Waals surface area contributed by atoms with Gasteiger partial charge >= 0.3 is 0 Å². The Hall–Kier alpha value is -2.37. The van der Waals surface area contributed by atoms with Gasteiger partial charge in [-0.15, -0.1) is 5.10 Å². The Labute approximate surface area is 96.7 Å². The van der Waals surface area contributed by atoms with Crippen molar-refractivity contribution in [1.82, 2.24) is 15.2 Å². The highest BCUT2D eigenvalue weighted by atomic mass is 19.1. The van der Waals surface area contributed by atoms with E-state index in [0.717, 1.165) is 0 Å². The van der Waals surface area contributed by atoms with Crippen LogP contribution in [0.5, 0.6) is 0 Å². The smallest absolute Gasteiger partial charge is 0.258 e. The van der Waals surface area contributed by atoms with Gasteiger partial charge in [-0.2, -0.15) is 5.10 Å². The number of nitrogens with zero attached hydrogens (tertiary/aromatic N) is 3. The van der Waals surface area contributed by atoms with Crippen molar-refractivity contribution < 1.29 is 9.18 Å². The van der Waals surface area contributed by atoms with Crippen LogP contribution >= 0.6 is 0 Å². The lowest BCUT2D eigenvalue weighted by molar-refractivity contribution is 0.102. The minimum Gasteiger partial charge on any atom is -0.289 e. The van der Waals surface area contributed by atoms with Gasteiger partial charge in [0.1, 0.15) is 5.82 Å². The van der Waals surface area contributed by atoms with Crippen molar-refractivity contribution in [3.05, 3.63) is 47.5 Å². The first kappa shape index (κ1) is 11.1. The minimum absolute atomic E-state index is 0.111. The summed E-state index contributed by atoms with van der Waals surface area (Å²) in [6, 6.07) is 4.10. The number of hydrogen-bond donors (Lipinski definition) is 1. The van der Waals surface area contributed by atoms with Crippen LogP contribution < -0.4 is 5.32 Å². The van der Waals surface area contributed by atoms with Crippen LogP contribution in [0, 0.1) is 12.7 Å². The van der Waals surface area contributed by atoms with Crippen LogP contribution in [0.25, 0.3) is 0 Å². The van der Waals surface area contributed by atoms with E-state index in [0.29, 0.717) is 11.1 Å². The summed E-state index contributed by atoms with van der Waals surface area (Å²) in [7, 11) is 0. The van der Waals surface area contributed by atoms with Crippen LogP contribution in [0.15, 0.2) is 30.6 Å². The van der Waals surface area contributed by atoms with E-state index in [2.05, 4.69) is 20.5 Å². The lowest BCUT2D eigenvalue weighted by Crippen LogP contribution is -2.14. The summed E-state index contributed by atoms with van der Waals surface area (Å²) < 4.78 is 13.0. The van der Waals surface area contributed by atoms with Gasteiger partial charge in [0.05, 0.1) is 12.4 Å².